The second-order valence-corrected chi connectivity index (χ2v) is 4.67. The van der Waals surface area contributed by atoms with Gasteiger partial charge >= 0.3 is 0 Å². The van der Waals surface area contributed by atoms with Gasteiger partial charge in [0.25, 0.3) is 0 Å². The third-order valence-corrected chi connectivity index (χ3v) is 3.04. The van der Waals surface area contributed by atoms with E-state index in [9.17, 15) is 4.79 Å². The molecule has 1 heterocycles. The number of rotatable bonds is 7. The van der Waals surface area contributed by atoms with Crippen LogP contribution >= 0.6 is 0 Å². The summed E-state index contributed by atoms with van der Waals surface area (Å²) in [6.07, 6.45) is 5.76. The summed E-state index contributed by atoms with van der Waals surface area (Å²) in [5.74, 6) is 0.657. The average Bonchev–Trinajstić information content (AvgIpc) is 2.55. The summed E-state index contributed by atoms with van der Waals surface area (Å²) in [4.78, 5) is 16.0. The van der Waals surface area contributed by atoms with Crippen LogP contribution in [0.15, 0.2) is 54.7 Å². The predicted octanol–water partition coefficient (Wildman–Crippen LogP) is 2.85. The van der Waals surface area contributed by atoms with E-state index in [4.69, 9.17) is 4.74 Å². The van der Waals surface area contributed by atoms with E-state index < -0.39 is 0 Å². The maximum Gasteiger partial charge on any atom is 0.244 e. The van der Waals surface area contributed by atoms with E-state index in [1.165, 1.54) is 6.08 Å². The molecule has 0 aliphatic heterocycles. The summed E-state index contributed by atoms with van der Waals surface area (Å²) in [7, 11) is 0. The normalized spacial score (nSPS) is 10.6. The molecule has 0 radical (unpaired) electrons. The number of benzene rings is 1. The number of hydrogen-bond donors (Lipinski definition) is 1. The molecule has 4 heteroatoms. The van der Waals surface area contributed by atoms with Gasteiger partial charge in [0.1, 0.15) is 5.75 Å². The van der Waals surface area contributed by atoms with Crippen LogP contribution in [-0.2, 0) is 11.2 Å². The second kappa shape index (κ2) is 8.62. The van der Waals surface area contributed by atoms with E-state index in [0.29, 0.717) is 13.2 Å². The van der Waals surface area contributed by atoms with Crippen molar-refractivity contribution in [3.63, 3.8) is 0 Å². The fourth-order valence-corrected chi connectivity index (χ4v) is 1.99. The Kier molecular flexibility index (Phi) is 6.18. The van der Waals surface area contributed by atoms with Crippen LogP contribution in [0.25, 0.3) is 6.08 Å². The highest BCUT2D eigenvalue weighted by Gasteiger charge is 2.00. The first-order valence-corrected chi connectivity index (χ1v) is 7.37. The number of nitrogens with zero attached hydrogens (tertiary/aromatic N) is 1. The number of para-hydroxylation sites is 1. The number of pyridine rings is 1. The van der Waals surface area contributed by atoms with Gasteiger partial charge in [-0.05, 0) is 31.2 Å². The zero-order valence-electron chi connectivity index (χ0n) is 12.7. The standard InChI is InChI=1S/C18H20N2O2/c1-2-22-17-9-4-3-7-15(17)10-11-18(21)20-14-12-16-8-5-6-13-19-16/h3-11,13H,2,12,14H2,1H3,(H,20,21)/b11-10+. The Hall–Kier alpha value is -2.62. The molecule has 0 saturated carbocycles. The molecule has 4 nitrogen and oxygen atoms in total. The zero-order valence-corrected chi connectivity index (χ0v) is 12.7. The lowest BCUT2D eigenvalue weighted by Gasteiger charge is -2.06. The Balaban J connectivity index is 1.84. The second-order valence-electron chi connectivity index (χ2n) is 4.67. The number of aromatic nitrogens is 1. The lowest BCUT2D eigenvalue weighted by molar-refractivity contribution is -0.116. The van der Waals surface area contributed by atoms with Crippen LogP contribution in [0, 0.1) is 0 Å². The molecule has 0 fully saturated rings. The highest BCUT2D eigenvalue weighted by molar-refractivity contribution is 5.92. The number of amides is 1. The van der Waals surface area contributed by atoms with Crippen molar-refractivity contribution in [1.29, 1.82) is 0 Å². The van der Waals surface area contributed by atoms with E-state index >= 15 is 0 Å². The maximum absolute atomic E-state index is 11.8. The lowest BCUT2D eigenvalue weighted by atomic mass is 10.2. The van der Waals surface area contributed by atoms with Gasteiger partial charge in [-0.1, -0.05) is 24.3 Å². The molecule has 2 rings (SSSR count). The molecule has 0 bridgehead atoms. The van der Waals surface area contributed by atoms with Crippen molar-refractivity contribution in [2.24, 2.45) is 0 Å². The van der Waals surface area contributed by atoms with Crippen molar-refractivity contribution >= 4 is 12.0 Å². The minimum atomic E-state index is -0.123. The largest absolute Gasteiger partial charge is 0.493 e. The molecule has 0 saturated heterocycles. The Labute approximate surface area is 130 Å². The van der Waals surface area contributed by atoms with E-state index in [1.54, 1.807) is 12.3 Å². The Morgan fingerprint density at radius 2 is 2.05 bits per heavy atom. The summed E-state index contributed by atoms with van der Waals surface area (Å²) >= 11 is 0. The van der Waals surface area contributed by atoms with Crippen molar-refractivity contribution in [2.45, 2.75) is 13.3 Å². The van der Waals surface area contributed by atoms with Crippen LogP contribution in [0.3, 0.4) is 0 Å². The monoisotopic (exact) mass is 296 g/mol. The molecule has 0 atom stereocenters. The molecule has 22 heavy (non-hydrogen) atoms. The van der Waals surface area contributed by atoms with Gasteiger partial charge in [-0.15, -0.1) is 0 Å². The van der Waals surface area contributed by atoms with Crippen LogP contribution in [-0.4, -0.2) is 24.0 Å². The summed E-state index contributed by atoms with van der Waals surface area (Å²) in [6, 6.07) is 13.4. The molecular formula is C18H20N2O2. The molecule has 0 aliphatic rings. The lowest BCUT2D eigenvalue weighted by Crippen LogP contribution is -2.23. The molecule has 1 aromatic carbocycles. The zero-order chi connectivity index (χ0) is 15.6. The highest BCUT2D eigenvalue weighted by atomic mass is 16.5. The fraction of sp³-hybridized carbons (Fsp3) is 0.222. The first-order chi connectivity index (χ1) is 10.8. The summed E-state index contributed by atoms with van der Waals surface area (Å²) in [5.41, 5.74) is 1.86. The van der Waals surface area contributed by atoms with Crippen molar-refractivity contribution in [2.75, 3.05) is 13.2 Å². The summed E-state index contributed by atoms with van der Waals surface area (Å²) in [6.45, 7) is 3.10. The molecule has 114 valence electrons. The third kappa shape index (κ3) is 5.05. The summed E-state index contributed by atoms with van der Waals surface area (Å²) < 4.78 is 5.52. The average molecular weight is 296 g/mol. The van der Waals surface area contributed by atoms with Gasteiger partial charge in [0.15, 0.2) is 0 Å². The number of carbonyl (C=O) groups excluding carboxylic acids is 1. The van der Waals surface area contributed by atoms with Crippen LogP contribution in [0.1, 0.15) is 18.2 Å². The van der Waals surface area contributed by atoms with Gasteiger partial charge in [0.2, 0.25) is 5.91 Å². The molecule has 0 aliphatic carbocycles. The minimum Gasteiger partial charge on any atom is -0.493 e. The van der Waals surface area contributed by atoms with Crippen molar-refractivity contribution < 1.29 is 9.53 Å². The van der Waals surface area contributed by atoms with Crippen LogP contribution < -0.4 is 10.1 Å². The number of ether oxygens (including phenoxy) is 1. The van der Waals surface area contributed by atoms with E-state index in [0.717, 1.165) is 23.4 Å². The van der Waals surface area contributed by atoms with Crippen molar-refractivity contribution in [1.82, 2.24) is 10.3 Å². The van der Waals surface area contributed by atoms with E-state index in [2.05, 4.69) is 10.3 Å². The van der Waals surface area contributed by atoms with Crippen LogP contribution in [0.2, 0.25) is 0 Å². The SMILES string of the molecule is CCOc1ccccc1/C=C/C(=O)NCCc1ccccn1. The predicted molar refractivity (Wildman–Crippen MR) is 87.6 cm³/mol. The quantitative estimate of drug-likeness (QED) is 0.799. The van der Waals surface area contributed by atoms with Gasteiger partial charge in [-0.3, -0.25) is 9.78 Å². The molecular weight excluding hydrogens is 276 g/mol. The molecule has 2 aromatic rings. The smallest absolute Gasteiger partial charge is 0.244 e. The Morgan fingerprint density at radius 1 is 1.23 bits per heavy atom. The Bertz CT molecular complexity index is 624. The first-order valence-electron chi connectivity index (χ1n) is 7.37. The van der Waals surface area contributed by atoms with Gasteiger partial charge in [0.05, 0.1) is 6.61 Å². The number of nitrogens with one attached hydrogen (secondary N) is 1. The highest BCUT2D eigenvalue weighted by Crippen LogP contribution is 2.19. The van der Waals surface area contributed by atoms with Crippen LogP contribution in [0.5, 0.6) is 5.75 Å². The van der Waals surface area contributed by atoms with Crippen molar-refractivity contribution in [3.05, 3.63) is 66.0 Å². The molecule has 1 N–H and O–H groups in total. The van der Waals surface area contributed by atoms with Gasteiger partial charge in [0, 0.05) is 36.5 Å². The number of carbonyl (C=O) groups is 1. The fourth-order valence-electron chi connectivity index (χ4n) is 1.99. The minimum absolute atomic E-state index is 0.123. The summed E-state index contributed by atoms with van der Waals surface area (Å²) in [5, 5.41) is 2.85. The van der Waals surface area contributed by atoms with Gasteiger partial charge in [-0.25, -0.2) is 0 Å². The molecule has 1 amide bonds. The molecule has 0 unspecified atom stereocenters. The third-order valence-electron chi connectivity index (χ3n) is 3.04. The van der Waals surface area contributed by atoms with E-state index in [-0.39, 0.29) is 5.91 Å². The van der Waals surface area contributed by atoms with Crippen LogP contribution in [0.4, 0.5) is 0 Å². The van der Waals surface area contributed by atoms with Gasteiger partial charge < -0.3 is 10.1 Å². The molecule has 0 spiro atoms. The number of hydrogen-bond acceptors (Lipinski definition) is 3. The molecule has 1 aromatic heterocycles. The maximum atomic E-state index is 11.8. The Morgan fingerprint density at radius 3 is 2.82 bits per heavy atom. The van der Waals surface area contributed by atoms with E-state index in [1.807, 2.05) is 49.4 Å². The topological polar surface area (TPSA) is 51.2 Å². The van der Waals surface area contributed by atoms with Crippen molar-refractivity contribution in [3.8, 4) is 5.75 Å². The van der Waals surface area contributed by atoms with Gasteiger partial charge in [-0.2, -0.15) is 0 Å². The first kappa shape index (κ1) is 15.8.